The highest BCUT2D eigenvalue weighted by Crippen LogP contribution is 2.47. The number of halogens is 10. The van der Waals surface area contributed by atoms with E-state index in [9.17, 15) is 39.5 Å². The van der Waals surface area contributed by atoms with Crippen molar-refractivity contribution in [3.8, 4) is 0 Å². The van der Waals surface area contributed by atoms with Crippen molar-refractivity contribution in [1.29, 1.82) is 0 Å². The average Bonchev–Trinajstić information content (AvgIpc) is 2.28. The summed E-state index contributed by atoms with van der Waals surface area (Å²) in [6.07, 6.45) is -11.6. The van der Waals surface area contributed by atoms with Crippen LogP contribution in [-0.4, -0.2) is 12.1 Å². The SMILES string of the molecule is N[C@@H](c1c(C(F)(F)F)ccc(Cl)c1F)C(F)(F)C(F)(F)F. The molecule has 0 aliphatic carbocycles. The number of hydrogen-bond donors (Lipinski definition) is 1. The molecular formula is C10H5ClF9N. The van der Waals surface area contributed by atoms with Crippen molar-refractivity contribution in [2.45, 2.75) is 24.3 Å². The molecule has 0 aliphatic heterocycles. The fraction of sp³-hybridized carbons (Fsp3) is 0.400. The van der Waals surface area contributed by atoms with E-state index in [0.29, 0.717) is 6.07 Å². The van der Waals surface area contributed by atoms with E-state index in [4.69, 9.17) is 11.6 Å². The first-order chi connectivity index (χ1) is 9.21. The summed E-state index contributed by atoms with van der Waals surface area (Å²) >= 11 is 5.12. The molecule has 120 valence electrons. The normalized spacial score (nSPS) is 15.2. The summed E-state index contributed by atoms with van der Waals surface area (Å²) in [5.74, 6) is -7.86. The summed E-state index contributed by atoms with van der Waals surface area (Å²) in [6, 6.07) is -3.15. The van der Waals surface area contributed by atoms with Crippen LogP contribution in [0.1, 0.15) is 17.2 Å². The minimum atomic E-state index is -6.26. The Morgan fingerprint density at radius 2 is 1.43 bits per heavy atom. The molecule has 1 atom stereocenters. The molecule has 0 saturated carbocycles. The highest BCUT2D eigenvalue weighted by molar-refractivity contribution is 6.30. The molecule has 11 heteroatoms. The number of alkyl halides is 8. The third-order valence-corrected chi connectivity index (χ3v) is 2.81. The molecule has 0 radical (unpaired) electrons. The minimum Gasteiger partial charge on any atom is -0.319 e. The lowest BCUT2D eigenvalue weighted by Gasteiger charge is -2.28. The highest BCUT2D eigenvalue weighted by Gasteiger charge is 2.63. The summed E-state index contributed by atoms with van der Waals surface area (Å²) in [5, 5.41) is -1.06. The fourth-order valence-electron chi connectivity index (χ4n) is 1.48. The van der Waals surface area contributed by atoms with Gasteiger partial charge in [-0.25, -0.2) is 4.39 Å². The quantitative estimate of drug-likeness (QED) is 0.773. The second kappa shape index (κ2) is 5.24. The van der Waals surface area contributed by atoms with Crippen molar-refractivity contribution in [1.82, 2.24) is 0 Å². The number of rotatable bonds is 2. The molecule has 0 aliphatic rings. The van der Waals surface area contributed by atoms with Crippen LogP contribution in [0.5, 0.6) is 0 Å². The van der Waals surface area contributed by atoms with E-state index in [2.05, 4.69) is 5.73 Å². The highest BCUT2D eigenvalue weighted by atomic mass is 35.5. The summed E-state index contributed by atoms with van der Waals surface area (Å²) in [4.78, 5) is 0. The van der Waals surface area contributed by atoms with Crippen molar-refractivity contribution >= 4 is 11.6 Å². The lowest BCUT2D eigenvalue weighted by atomic mass is 9.94. The maximum Gasteiger partial charge on any atom is 0.455 e. The van der Waals surface area contributed by atoms with Crippen LogP contribution >= 0.6 is 11.6 Å². The van der Waals surface area contributed by atoms with Gasteiger partial charge < -0.3 is 5.73 Å². The van der Waals surface area contributed by atoms with Gasteiger partial charge in [0.15, 0.2) is 0 Å². The van der Waals surface area contributed by atoms with E-state index in [0.717, 1.165) is 0 Å². The standard InChI is InChI=1S/C10H5ClF9N/c11-4-2-1-3(9(15,16)17)5(6(4)12)7(21)8(13,14)10(18,19)20/h1-2,7H,21H2/t7-/m0/s1. The van der Waals surface area contributed by atoms with Crippen LogP contribution in [-0.2, 0) is 6.18 Å². The van der Waals surface area contributed by atoms with Gasteiger partial charge in [0.1, 0.15) is 11.9 Å². The van der Waals surface area contributed by atoms with E-state index in [-0.39, 0.29) is 6.07 Å². The van der Waals surface area contributed by atoms with Gasteiger partial charge in [-0.1, -0.05) is 11.6 Å². The Hall–Kier alpha value is -1.16. The molecule has 1 aromatic rings. The van der Waals surface area contributed by atoms with Gasteiger partial charge in [-0.15, -0.1) is 0 Å². The van der Waals surface area contributed by atoms with Crippen LogP contribution < -0.4 is 5.73 Å². The van der Waals surface area contributed by atoms with Gasteiger partial charge in [0.25, 0.3) is 0 Å². The zero-order valence-electron chi connectivity index (χ0n) is 9.59. The second-order valence-electron chi connectivity index (χ2n) is 3.92. The van der Waals surface area contributed by atoms with Gasteiger partial charge in [0.2, 0.25) is 0 Å². The van der Waals surface area contributed by atoms with Crippen LogP contribution in [0.2, 0.25) is 5.02 Å². The maximum absolute atomic E-state index is 13.5. The van der Waals surface area contributed by atoms with Crippen LogP contribution in [0.25, 0.3) is 0 Å². The van der Waals surface area contributed by atoms with Gasteiger partial charge in [-0.05, 0) is 12.1 Å². The van der Waals surface area contributed by atoms with E-state index < -0.39 is 46.3 Å². The summed E-state index contributed by atoms with van der Waals surface area (Å²) in [7, 11) is 0. The van der Waals surface area contributed by atoms with Gasteiger partial charge in [-0.3, -0.25) is 0 Å². The molecule has 0 bridgehead atoms. The molecule has 21 heavy (non-hydrogen) atoms. The van der Waals surface area contributed by atoms with E-state index in [1.54, 1.807) is 0 Å². The van der Waals surface area contributed by atoms with Crippen molar-refractivity contribution in [2.75, 3.05) is 0 Å². The van der Waals surface area contributed by atoms with E-state index >= 15 is 0 Å². The predicted molar refractivity (Wildman–Crippen MR) is 54.3 cm³/mol. The van der Waals surface area contributed by atoms with Crippen molar-refractivity contribution < 1.29 is 39.5 Å². The molecule has 0 saturated heterocycles. The Balaban J connectivity index is 3.59. The van der Waals surface area contributed by atoms with Gasteiger partial charge in [0.05, 0.1) is 10.6 Å². The monoisotopic (exact) mass is 345 g/mol. The topological polar surface area (TPSA) is 26.0 Å². The zero-order chi connectivity index (χ0) is 16.8. The van der Waals surface area contributed by atoms with Crippen LogP contribution in [0.4, 0.5) is 39.5 Å². The average molecular weight is 346 g/mol. The number of benzene rings is 1. The number of nitrogens with two attached hydrogens (primary N) is 1. The van der Waals surface area contributed by atoms with Crippen LogP contribution in [0, 0.1) is 5.82 Å². The Bertz CT molecular complexity index is 535. The third kappa shape index (κ3) is 3.20. The Kier molecular flexibility index (Phi) is 4.46. The first kappa shape index (κ1) is 17.9. The maximum atomic E-state index is 13.5. The largest absolute Gasteiger partial charge is 0.455 e. The van der Waals surface area contributed by atoms with E-state index in [1.165, 1.54) is 0 Å². The molecule has 0 heterocycles. The first-order valence-corrected chi connectivity index (χ1v) is 5.34. The molecule has 1 aromatic carbocycles. The molecule has 0 amide bonds. The van der Waals surface area contributed by atoms with Crippen molar-refractivity contribution in [2.24, 2.45) is 5.73 Å². The molecular weight excluding hydrogens is 341 g/mol. The van der Waals surface area contributed by atoms with Gasteiger partial charge >= 0.3 is 18.3 Å². The Morgan fingerprint density at radius 3 is 1.81 bits per heavy atom. The molecule has 1 rings (SSSR count). The summed E-state index contributed by atoms with van der Waals surface area (Å²) in [6.45, 7) is 0. The van der Waals surface area contributed by atoms with Crippen molar-refractivity contribution in [3.63, 3.8) is 0 Å². The third-order valence-electron chi connectivity index (χ3n) is 2.52. The lowest BCUT2D eigenvalue weighted by molar-refractivity contribution is -0.291. The molecule has 0 aromatic heterocycles. The van der Waals surface area contributed by atoms with Gasteiger partial charge in [-0.2, -0.15) is 35.1 Å². The molecule has 0 unspecified atom stereocenters. The fourth-order valence-corrected chi connectivity index (χ4v) is 1.64. The Morgan fingerprint density at radius 1 is 0.952 bits per heavy atom. The van der Waals surface area contributed by atoms with Crippen LogP contribution in [0.15, 0.2) is 12.1 Å². The lowest BCUT2D eigenvalue weighted by Crippen LogP contribution is -2.46. The zero-order valence-corrected chi connectivity index (χ0v) is 10.3. The van der Waals surface area contributed by atoms with Crippen LogP contribution in [0.3, 0.4) is 0 Å². The molecule has 0 spiro atoms. The predicted octanol–water partition coefficient (Wildman–Crippen LogP) is 4.70. The smallest absolute Gasteiger partial charge is 0.319 e. The summed E-state index contributed by atoms with van der Waals surface area (Å²) in [5.41, 5.74) is 0.459. The van der Waals surface area contributed by atoms with Gasteiger partial charge in [0, 0.05) is 5.56 Å². The second-order valence-corrected chi connectivity index (χ2v) is 4.33. The Labute approximate surface area is 116 Å². The number of hydrogen-bond acceptors (Lipinski definition) is 1. The summed E-state index contributed by atoms with van der Waals surface area (Å²) < 4.78 is 114. The first-order valence-electron chi connectivity index (χ1n) is 4.96. The molecule has 0 fully saturated rings. The minimum absolute atomic E-state index is 0.0764. The molecule has 2 N–H and O–H groups in total. The van der Waals surface area contributed by atoms with Crippen molar-refractivity contribution in [3.05, 3.63) is 34.1 Å². The van der Waals surface area contributed by atoms with E-state index in [1.807, 2.05) is 0 Å². The molecule has 1 nitrogen and oxygen atoms in total.